The average Bonchev–Trinajstić information content (AvgIpc) is 3.18. The van der Waals surface area contributed by atoms with Gasteiger partial charge < -0.3 is 15.8 Å². The van der Waals surface area contributed by atoms with Gasteiger partial charge in [-0.15, -0.1) is 11.3 Å². The van der Waals surface area contributed by atoms with Gasteiger partial charge in [-0.05, 0) is 61.3 Å². The van der Waals surface area contributed by atoms with E-state index in [1.165, 1.54) is 17.4 Å². The standard InChI is InChI=1S/C22H17F3N6S2/c23-11-4-5-13(24)17(10-11)33-31-14-3-1-2-12(18(14)25)19-20(15-6-9-28-22(26)29-15)32-21(30-19)16-7-8-27-16/h1-6,9-10,16,27,31H,7-8H2,(H2,26,28,29). The van der Waals surface area contributed by atoms with Crippen molar-refractivity contribution >= 4 is 34.9 Å². The summed E-state index contributed by atoms with van der Waals surface area (Å²) in [6.45, 7) is 0.900. The highest BCUT2D eigenvalue weighted by Crippen LogP contribution is 2.42. The van der Waals surface area contributed by atoms with E-state index in [4.69, 9.17) is 10.7 Å². The molecule has 1 saturated heterocycles. The van der Waals surface area contributed by atoms with Crippen molar-refractivity contribution < 1.29 is 13.2 Å². The summed E-state index contributed by atoms with van der Waals surface area (Å²) in [4.78, 5) is 13.6. The maximum atomic E-state index is 15.6. The zero-order valence-electron chi connectivity index (χ0n) is 17.0. The number of nitrogens with two attached hydrogens (primary N) is 1. The summed E-state index contributed by atoms with van der Waals surface area (Å²) in [5.74, 6) is -1.64. The van der Waals surface area contributed by atoms with Gasteiger partial charge in [0.2, 0.25) is 5.95 Å². The fourth-order valence-corrected chi connectivity index (χ4v) is 5.18. The van der Waals surface area contributed by atoms with E-state index >= 15 is 4.39 Å². The summed E-state index contributed by atoms with van der Waals surface area (Å²) in [5.41, 5.74) is 7.13. The van der Waals surface area contributed by atoms with Crippen molar-refractivity contribution in [1.29, 1.82) is 0 Å². The number of hydrogen-bond donors (Lipinski definition) is 3. The Labute approximate surface area is 195 Å². The number of aromatic nitrogens is 3. The summed E-state index contributed by atoms with van der Waals surface area (Å²) < 4.78 is 45.8. The minimum absolute atomic E-state index is 0.0176. The van der Waals surface area contributed by atoms with Crippen LogP contribution in [0, 0.1) is 17.5 Å². The van der Waals surface area contributed by atoms with Crippen molar-refractivity contribution in [2.45, 2.75) is 17.4 Å². The van der Waals surface area contributed by atoms with Crippen molar-refractivity contribution in [2.75, 3.05) is 17.0 Å². The Morgan fingerprint density at radius 3 is 2.73 bits per heavy atom. The largest absolute Gasteiger partial charge is 0.368 e. The van der Waals surface area contributed by atoms with Crippen molar-refractivity contribution in [3.63, 3.8) is 0 Å². The van der Waals surface area contributed by atoms with Gasteiger partial charge in [0.15, 0.2) is 5.82 Å². The molecule has 0 bridgehead atoms. The minimum Gasteiger partial charge on any atom is -0.368 e. The van der Waals surface area contributed by atoms with E-state index in [2.05, 4.69) is 20.0 Å². The first-order valence-corrected chi connectivity index (χ1v) is 11.6. The molecular formula is C22H17F3N6S2. The van der Waals surface area contributed by atoms with E-state index in [0.29, 0.717) is 16.3 Å². The summed E-state index contributed by atoms with van der Waals surface area (Å²) >= 11 is 2.21. The number of anilines is 2. The molecule has 1 aliphatic heterocycles. The molecule has 0 radical (unpaired) electrons. The second kappa shape index (κ2) is 9.00. The lowest BCUT2D eigenvalue weighted by Gasteiger charge is -2.25. The van der Waals surface area contributed by atoms with Gasteiger partial charge in [-0.2, -0.15) is 0 Å². The molecule has 11 heteroatoms. The molecule has 0 spiro atoms. The number of nitrogen functional groups attached to an aromatic ring is 1. The molecule has 3 heterocycles. The Hall–Kier alpha value is -3.15. The topological polar surface area (TPSA) is 88.8 Å². The Morgan fingerprint density at radius 2 is 1.97 bits per heavy atom. The van der Waals surface area contributed by atoms with Crippen molar-refractivity contribution in [3.05, 3.63) is 71.1 Å². The van der Waals surface area contributed by atoms with Crippen LogP contribution in [0.4, 0.5) is 24.8 Å². The van der Waals surface area contributed by atoms with Gasteiger partial charge in [-0.3, -0.25) is 0 Å². The predicted octanol–water partition coefficient (Wildman–Crippen LogP) is 5.42. The highest BCUT2D eigenvalue weighted by molar-refractivity contribution is 8.00. The van der Waals surface area contributed by atoms with Crippen LogP contribution in [-0.4, -0.2) is 21.5 Å². The maximum absolute atomic E-state index is 15.6. The number of nitrogens with one attached hydrogen (secondary N) is 2. The summed E-state index contributed by atoms with van der Waals surface area (Å²) in [5, 5.41) is 4.14. The number of rotatable bonds is 6. The molecule has 6 nitrogen and oxygen atoms in total. The molecular weight excluding hydrogens is 469 g/mol. The lowest BCUT2D eigenvalue weighted by Crippen LogP contribution is -2.34. The Bertz CT molecular complexity index is 1330. The molecule has 1 unspecified atom stereocenters. The maximum Gasteiger partial charge on any atom is 0.220 e. The van der Waals surface area contributed by atoms with Crippen molar-refractivity contribution in [3.8, 4) is 21.8 Å². The molecule has 0 aliphatic carbocycles. The molecule has 33 heavy (non-hydrogen) atoms. The van der Waals surface area contributed by atoms with Crippen LogP contribution in [0.1, 0.15) is 17.5 Å². The lowest BCUT2D eigenvalue weighted by molar-refractivity contribution is 0.382. The molecule has 1 atom stereocenters. The monoisotopic (exact) mass is 486 g/mol. The van der Waals surface area contributed by atoms with Crippen molar-refractivity contribution in [1.82, 2.24) is 20.3 Å². The zero-order chi connectivity index (χ0) is 22.9. The van der Waals surface area contributed by atoms with Crippen LogP contribution in [0.2, 0.25) is 0 Å². The molecule has 0 saturated carbocycles. The van der Waals surface area contributed by atoms with Gasteiger partial charge in [0.1, 0.15) is 16.6 Å². The summed E-state index contributed by atoms with van der Waals surface area (Å²) in [6.07, 6.45) is 2.49. The van der Waals surface area contributed by atoms with Crippen LogP contribution < -0.4 is 15.8 Å². The fraction of sp³-hybridized carbons (Fsp3) is 0.136. The third-order valence-electron chi connectivity index (χ3n) is 5.09. The highest BCUT2D eigenvalue weighted by atomic mass is 32.2. The van der Waals surface area contributed by atoms with E-state index in [9.17, 15) is 8.78 Å². The molecule has 0 amide bonds. The molecule has 2 aromatic carbocycles. The summed E-state index contributed by atoms with van der Waals surface area (Å²) in [7, 11) is 0. The van der Waals surface area contributed by atoms with Crippen LogP contribution >= 0.6 is 23.3 Å². The first-order chi connectivity index (χ1) is 16.0. The molecule has 4 aromatic rings. The Kier molecular flexibility index (Phi) is 5.92. The van der Waals surface area contributed by atoms with Gasteiger partial charge in [0.05, 0.1) is 32.9 Å². The average molecular weight is 487 g/mol. The second-order valence-corrected chi connectivity index (χ2v) is 9.15. The molecule has 1 aliphatic rings. The lowest BCUT2D eigenvalue weighted by atomic mass is 10.1. The first-order valence-electron chi connectivity index (χ1n) is 9.99. The van der Waals surface area contributed by atoms with Crippen LogP contribution in [0.25, 0.3) is 21.8 Å². The molecule has 5 rings (SSSR count). The Balaban J connectivity index is 1.52. The third-order valence-corrected chi connectivity index (χ3v) is 7.14. The van der Waals surface area contributed by atoms with Gasteiger partial charge >= 0.3 is 0 Å². The van der Waals surface area contributed by atoms with E-state index in [0.717, 1.165) is 48.1 Å². The molecule has 1 fully saturated rings. The number of hydrogen-bond acceptors (Lipinski definition) is 8. The normalized spacial score (nSPS) is 15.3. The van der Waals surface area contributed by atoms with Gasteiger partial charge in [0.25, 0.3) is 0 Å². The summed E-state index contributed by atoms with van der Waals surface area (Å²) in [6, 6.07) is 9.72. The smallest absolute Gasteiger partial charge is 0.220 e. The van der Waals surface area contributed by atoms with Crippen LogP contribution in [-0.2, 0) is 0 Å². The van der Waals surface area contributed by atoms with E-state index in [1.807, 2.05) is 0 Å². The van der Waals surface area contributed by atoms with Crippen LogP contribution in [0.5, 0.6) is 0 Å². The van der Waals surface area contributed by atoms with E-state index in [-0.39, 0.29) is 28.1 Å². The zero-order valence-corrected chi connectivity index (χ0v) is 18.6. The predicted molar refractivity (Wildman–Crippen MR) is 124 cm³/mol. The molecule has 2 aromatic heterocycles. The first kappa shape index (κ1) is 21.7. The molecule has 4 N–H and O–H groups in total. The van der Waals surface area contributed by atoms with Gasteiger partial charge in [0, 0.05) is 11.8 Å². The van der Waals surface area contributed by atoms with Gasteiger partial charge in [-0.1, -0.05) is 6.07 Å². The number of nitrogens with zero attached hydrogens (tertiary/aromatic N) is 3. The van der Waals surface area contributed by atoms with Crippen LogP contribution in [0.3, 0.4) is 0 Å². The number of halogens is 3. The Morgan fingerprint density at radius 1 is 1.12 bits per heavy atom. The van der Waals surface area contributed by atoms with Crippen LogP contribution in [0.15, 0.2) is 53.6 Å². The minimum atomic E-state index is -0.605. The van der Waals surface area contributed by atoms with E-state index < -0.39 is 17.5 Å². The van der Waals surface area contributed by atoms with Gasteiger partial charge in [-0.25, -0.2) is 28.1 Å². The van der Waals surface area contributed by atoms with Crippen molar-refractivity contribution in [2.24, 2.45) is 0 Å². The van der Waals surface area contributed by atoms with E-state index in [1.54, 1.807) is 24.4 Å². The SMILES string of the molecule is Nc1nccc(-c2sc(C3CCN3)nc2-c2cccc(NSc3cc(F)ccc3F)c2F)n1. The quantitative estimate of drug-likeness (QED) is 0.314. The highest BCUT2D eigenvalue weighted by Gasteiger charge is 2.27. The third kappa shape index (κ3) is 4.39. The second-order valence-electron chi connectivity index (χ2n) is 7.27. The number of thiazole rings is 1. The fourth-order valence-electron chi connectivity index (χ4n) is 3.30. The number of benzene rings is 2. The molecule has 168 valence electrons.